The zero-order chi connectivity index (χ0) is 31.3. The number of hydrogen-bond donors (Lipinski definition) is 2. The lowest BCUT2D eigenvalue weighted by Gasteiger charge is -2.22. The second-order valence-corrected chi connectivity index (χ2v) is 11.6. The summed E-state index contributed by atoms with van der Waals surface area (Å²) < 4.78 is 11.8. The minimum Gasteiger partial charge on any atom is -0.494 e. The molecule has 0 aliphatic carbocycles. The van der Waals surface area contributed by atoms with Gasteiger partial charge in [0.1, 0.15) is 11.5 Å². The van der Waals surface area contributed by atoms with Gasteiger partial charge in [-0.3, -0.25) is 9.97 Å². The molecule has 0 atom stereocenters. The first-order chi connectivity index (χ1) is 22.1. The van der Waals surface area contributed by atoms with E-state index in [1.54, 1.807) is 35.9 Å². The number of anilines is 1. The van der Waals surface area contributed by atoms with Gasteiger partial charge in [0.2, 0.25) is 0 Å². The maximum absolute atomic E-state index is 8.76. The molecule has 0 bridgehead atoms. The van der Waals surface area contributed by atoms with Gasteiger partial charge in [-0.15, -0.1) is 11.3 Å². The van der Waals surface area contributed by atoms with Crippen molar-refractivity contribution in [3.63, 3.8) is 0 Å². The summed E-state index contributed by atoms with van der Waals surface area (Å²) in [6.45, 7) is 4.86. The molecule has 0 fully saturated rings. The fraction of sp³-hybridized carbons (Fsp3) is 0.257. The number of nitrogens with two attached hydrogens (primary N) is 1. The zero-order valence-corrected chi connectivity index (χ0v) is 26.2. The highest BCUT2D eigenvalue weighted by atomic mass is 32.1. The monoisotopic (exact) mass is 622 g/mol. The van der Waals surface area contributed by atoms with E-state index in [0.717, 1.165) is 64.7 Å². The molecule has 5 aromatic rings. The molecule has 9 nitrogen and oxygen atoms in total. The topological polar surface area (TPSA) is 119 Å². The first kappa shape index (κ1) is 31.5. The normalized spacial score (nSPS) is 11.4. The number of pyridine rings is 2. The summed E-state index contributed by atoms with van der Waals surface area (Å²) in [4.78, 5) is 17.3. The van der Waals surface area contributed by atoms with E-state index in [4.69, 9.17) is 25.4 Å². The lowest BCUT2D eigenvalue weighted by molar-refractivity contribution is 0.279. The molecule has 3 heterocycles. The predicted octanol–water partition coefficient (Wildman–Crippen LogP) is 7.09. The van der Waals surface area contributed by atoms with E-state index in [1.165, 1.54) is 4.88 Å². The average molecular weight is 623 g/mol. The maximum atomic E-state index is 8.76. The summed E-state index contributed by atoms with van der Waals surface area (Å²) in [5.41, 5.74) is 10.6. The van der Waals surface area contributed by atoms with Gasteiger partial charge in [-0.2, -0.15) is 0 Å². The molecule has 2 aromatic carbocycles. The van der Waals surface area contributed by atoms with E-state index in [9.17, 15) is 0 Å². The van der Waals surface area contributed by atoms with Crippen LogP contribution in [0.3, 0.4) is 0 Å². The highest BCUT2D eigenvalue weighted by molar-refractivity contribution is 7.16. The van der Waals surface area contributed by atoms with Crippen molar-refractivity contribution in [3.05, 3.63) is 119 Å². The van der Waals surface area contributed by atoms with Gasteiger partial charge < -0.3 is 25.3 Å². The third kappa shape index (κ3) is 9.02. The lowest BCUT2D eigenvalue weighted by Crippen LogP contribution is -2.22. The van der Waals surface area contributed by atoms with Crippen LogP contribution in [0.4, 0.5) is 5.13 Å². The van der Waals surface area contributed by atoms with Gasteiger partial charge in [0.25, 0.3) is 0 Å². The first-order valence-corrected chi connectivity index (χ1v) is 15.9. The minimum absolute atomic E-state index is 0.0795. The Hall–Kier alpha value is -4.96. The fourth-order valence-corrected chi connectivity index (χ4v) is 5.82. The number of unbranched alkanes of at least 4 members (excludes halogenated alkanes) is 2. The smallest absolute Gasteiger partial charge is 0.186 e. The van der Waals surface area contributed by atoms with Crippen LogP contribution in [0.5, 0.6) is 11.5 Å². The van der Waals surface area contributed by atoms with Crippen molar-refractivity contribution in [2.45, 2.75) is 45.7 Å². The van der Waals surface area contributed by atoms with Crippen molar-refractivity contribution in [3.8, 4) is 22.8 Å². The quantitative estimate of drug-likeness (QED) is 0.0394. The zero-order valence-electron chi connectivity index (χ0n) is 25.4. The van der Waals surface area contributed by atoms with Crippen molar-refractivity contribution in [2.24, 2.45) is 10.9 Å². The molecule has 0 saturated carbocycles. The Balaban J connectivity index is 1.13. The van der Waals surface area contributed by atoms with Crippen LogP contribution in [-0.4, -0.2) is 39.2 Å². The summed E-state index contributed by atoms with van der Waals surface area (Å²) in [5, 5.41) is 12.7. The van der Waals surface area contributed by atoms with E-state index >= 15 is 0 Å². The number of nitrogens with zero attached hydrogens (tertiary/aromatic N) is 5. The van der Waals surface area contributed by atoms with Crippen LogP contribution in [0.15, 0.2) is 103 Å². The summed E-state index contributed by atoms with van der Waals surface area (Å²) in [5.74, 6) is 1.69. The molecule has 3 N–H and O–H groups in total. The van der Waals surface area contributed by atoms with Crippen molar-refractivity contribution in [2.75, 3.05) is 18.1 Å². The largest absolute Gasteiger partial charge is 0.494 e. The SMILES string of the molecule is CCc1sc(N(Cc2cccnc2)Cc2cccnc2)nc1-c1ccc(OCCCCCOc2ccc(C(N)=NO)cc2)cc1. The van der Waals surface area contributed by atoms with Crippen molar-refractivity contribution in [1.82, 2.24) is 15.0 Å². The third-order valence-electron chi connectivity index (χ3n) is 7.18. The van der Waals surface area contributed by atoms with Gasteiger partial charge in [0, 0.05) is 53.9 Å². The summed E-state index contributed by atoms with van der Waals surface area (Å²) in [7, 11) is 0. The highest BCUT2D eigenvalue weighted by Crippen LogP contribution is 2.35. The van der Waals surface area contributed by atoms with Crippen molar-refractivity contribution >= 4 is 22.3 Å². The van der Waals surface area contributed by atoms with E-state index in [1.807, 2.05) is 48.8 Å². The molecule has 5 rings (SSSR count). The third-order valence-corrected chi connectivity index (χ3v) is 8.44. The highest BCUT2D eigenvalue weighted by Gasteiger charge is 2.18. The Morgan fingerprint density at radius 3 is 1.91 bits per heavy atom. The van der Waals surface area contributed by atoms with Gasteiger partial charge >= 0.3 is 0 Å². The Morgan fingerprint density at radius 1 is 0.822 bits per heavy atom. The first-order valence-electron chi connectivity index (χ1n) is 15.1. The van der Waals surface area contributed by atoms with Crippen LogP contribution >= 0.6 is 11.3 Å². The standard InChI is InChI=1S/C35H38N6O3S/c1-2-32-33(39-35(45-32)41(24-26-8-6-18-37-22-26)25-27-9-7-19-38-23-27)28-10-14-30(15-11-28)43-20-4-3-5-21-44-31-16-12-29(13-17-31)34(36)40-42/h6-19,22-23,42H,2-5,20-21,24-25H2,1H3,(H2,36,40). The Bertz CT molecular complexity index is 1590. The maximum Gasteiger partial charge on any atom is 0.186 e. The van der Waals surface area contributed by atoms with E-state index in [-0.39, 0.29) is 5.84 Å². The molecule has 10 heteroatoms. The van der Waals surface area contributed by atoms with Crippen molar-refractivity contribution in [1.29, 1.82) is 0 Å². The number of benzene rings is 2. The van der Waals surface area contributed by atoms with Gasteiger partial charge in [-0.1, -0.05) is 24.2 Å². The number of thiazole rings is 1. The minimum atomic E-state index is 0.0795. The van der Waals surface area contributed by atoms with Crippen LogP contribution in [0.25, 0.3) is 11.3 Å². The Kier molecular flexibility index (Phi) is 11.3. The number of oxime groups is 1. The number of hydrogen-bond acceptors (Lipinski definition) is 9. The summed E-state index contributed by atoms with van der Waals surface area (Å²) >= 11 is 1.74. The molecule has 0 saturated heterocycles. The number of aromatic nitrogens is 3. The van der Waals surface area contributed by atoms with E-state index < -0.39 is 0 Å². The molecule has 0 unspecified atom stereocenters. The van der Waals surface area contributed by atoms with Crippen LogP contribution in [0.2, 0.25) is 0 Å². The van der Waals surface area contributed by atoms with Crippen LogP contribution < -0.4 is 20.1 Å². The lowest BCUT2D eigenvalue weighted by atomic mass is 10.1. The molecule has 45 heavy (non-hydrogen) atoms. The van der Waals surface area contributed by atoms with Crippen LogP contribution in [-0.2, 0) is 19.5 Å². The number of rotatable bonds is 16. The van der Waals surface area contributed by atoms with Gasteiger partial charge in [-0.25, -0.2) is 4.98 Å². The molecular formula is C35H38N6O3S. The predicted molar refractivity (Wildman–Crippen MR) is 179 cm³/mol. The Labute approximate surface area is 268 Å². The molecule has 3 aromatic heterocycles. The summed E-state index contributed by atoms with van der Waals surface area (Å²) in [6, 6.07) is 23.5. The van der Waals surface area contributed by atoms with Crippen LogP contribution in [0, 0.1) is 0 Å². The van der Waals surface area contributed by atoms with Gasteiger partial charge in [-0.05, 0) is 97.5 Å². The molecule has 0 aliphatic heterocycles. The Morgan fingerprint density at radius 2 is 1.40 bits per heavy atom. The summed E-state index contributed by atoms with van der Waals surface area (Å²) in [6.07, 6.45) is 11.2. The molecule has 0 radical (unpaired) electrons. The second kappa shape index (κ2) is 16.2. The fourth-order valence-electron chi connectivity index (χ4n) is 4.80. The molecule has 0 spiro atoms. The van der Waals surface area contributed by atoms with Crippen LogP contribution in [0.1, 0.15) is 47.8 Å². The molecular weight excluding hydrogens is 584 g/mol. The second-order valence-electron chi connectivity index (χ2n) is 10.5. The van der Waals surface area contributed by atoms with Crippen molar-refractivity contribution < 1.29 is 14.7 Å². The van der Waals surface area contributed by atoms with E-state index in [2.05, 4.69) is 51.2 Å². The number of amidine groups is 1. The average Bonchev–Trinajstić information content (AvgIpc) is 3.53. The molecule has 232 valence electrons. The molecule has 0 aliphatic rings. The molecule has 0 amide bonds. The van der Waals surface area contributed by atoms with E-state index in [0.29, 0.717) is 31.9 Å². The number of ether oxygens (including phenoxy) is 2. The van der Waals surface area contributed by atoms with Gasteiger partial charge in [0.05, 0.1) is 18.9 Å². The van der Waals surface area contributed by atoms with Gasteiger partial charge in [0.15, 0.2) is 11.0 Å². The number of aryl methyl sites for hydroxylation is 1.